The van der Waals surface area contributed by atoms with Gasteiger partial charge in [-0.15, -0.1) is 5.10 Å². The summed E-state index contributed by atoms with van der Waals surface area (Å²) in [6.45, 7) is 0.288. The highest BCUT2D eigenvalue weighted by molar-refractivity contribution is 9.11. The van der Waals surface area contributed by atoms with E-state index in [2.05, 4.69) is 41.9 Å². The zero-order valence-corrected chi connectivity index (χ0v) is 11.5. The summed E-state index contributed by atoms with van der Waals surface area (Å²) in [4.78, 5) is 14.4. The van der Waals surface area contributed by atoms with Crippen LogP contribution < -0.4 is 0 Å². The van der Waals surface area contributed by atoms with E-state index in [-0.39, 0.29) is 12.2 Å². The molecule has 8 heteroatoms. The number of halogens is 2. The third-order valence-electron chi connectivity index (χ3n) is 2.11. The molecule has 0 N–H and O–H groups in total. The van der Waals surface area contributed by atoms with E-state index in [4.69, 9.17) is 0 Å². The van der Waals surface area contributed by atoms with Gasteiger partial charge in [0.05, 0.1) is 17.0 Å². The van der Waals surface area contributed by atoms with E-state index >= 15 is 0 Å². The topological polar surface area (TPSA) is 73.8 Å². The average Bonchev–Trinajstić information content (AvgIpc) is 2.58. The summed E-state index contributed by atoms with van der Waals surface area (Å²) in [6, 6.07) is 6.55. The summed E-state index contributed by atoms with van der Waals surface area (Å²) in [5, 5.41) is 14.9. The molecule has 17 heavy (non-hydrogen) atoms. The van der Waals surface area contributed by atoms with Crippen LogP contribution in [0.5, 0.6) is 0 Å². The van der Waals surface area contributed by atoms with Crippen molar-refractivity contribution in [3.8, 4) is 0 Å². The number of para-hydroxylation sites is 1. The predicted octanol–water partition coefficient (Wildman–Crippen LogP) is 2.76. The molecule has 0 fully saturated rings. The molecule has 0 radical (unpaired) electrons. The van der Waals surface area contributed by atoms with Gasteiger partial charge in [0.2, 0.25) is 4.73 Å². The maximum Gasteiger partial charge on any atom is 0.274 e. The standard InChI is InChI=1S/C9H6Br2N4O2/c10-8-12-9(11)14(13-8)5-6-3-1-2-4-7(6)15(16)17/h1-4H,5H2. The molecule has 2 rings (SSSR count). The quantitative estimate of drug-likeness (QED) is 0.622. The Kier molecular flexibility index (Phi) is 3.53. The Morgan fingerprint density at radius 2 is 2.06 bits per heavy atom. The fourth-order valence-corrected chi connectivity index (χ4v) is 2.35. The molecule has 2 aromatic rings. The number of aromatic nitrogens is 3. The molecule has 0 bridgehead atoms. The van der Waals surface area contributed by atoms with Crippen molar-refractivity contribution >= 4 is 37.5 Å². The first-order valence-corrected chi connectivity index (χ1v) is 6.14. The van der Waals surface area contributed by atoms with Crippen LogP contribution in [0.15, 0.2) is 33.7 Å². The minimum atomic E-state index is -0.408. The van der Waals surface area contributed by atoms with Crippen molar-refractivity contribution in [2.75, 3.05) is 0 Å². The lowest BCUT2D eigenvalue weighted by Crippen LogP contribution is -2.05. The second kappa shape index (κ2) is 4.92. The van der Waals surface area contributed by atoms with E-state index in [1.165, 1.54) is 10.7 Å². The Morgan fingerprint density at radius 3 is 2.65 bits per heavy atom. The molecule has 0 spiro atoms. The number of hydrogen-bond donors (Lipinski definition) is 0. The Bertz CT molecular complexity index is 570. The van der Waals surface area contributed by atoms with Gasteiger partial charge < -0.3 is 0 Å². The van der Waals surface area contributed by atoms with E-state index in [0.717, 1.165) is 0 Å². The first-order chi connectivity index (χ1) is 8.08. The summed E-state index contributed by atoms with van der Waals surface area (Å²) < 4.78 is 2.48. The first-order valence-electron chi connectivity index (χ1n) is 4.56. The summed E-state index contributed by atoms with van der Waals surface area (Å²) in [7, 11) is 0. The highest BCUT2D eigenvalue weighted by Gasteiger charge is 2.14. The number of hydrogen-bond acceptors (Lipinski definition) is 4. The zero-order valence-electron chi connectivity index (χ0n) is 8.38. The third-order valence-corrected chi connectivity index (χ3v) is 3.03. The molecule has 0 saturated heterocycles. The van der Waals surface area contributed by atoms with Crippen molar-refractivity contribution in [3.63, 3.8) is 0 Å². The van der Waals surface area contributed by atoms with Gasteiger partial charge in [0.1, 0.15) is 0 Å². The second-order valence-corrected chi connectivity index (χ2v) is 4.61. The number of rotatable bonds is 3. The number of nitro benzene ring substituents is 1. The molecule has 1 aromatic carbocycles. The van der Waals surface area contributed by atoms with Crippen LogP contribution in [0.3, 0.4) is 0 Å². The van der Waals surface area contributed by atoms with Gasteiger partial charge in [-0.05, 0) is 31.9 Å². The summed E-state index contributed by atoms with van der Waals surface area (Å²) >= 11 is 6.36. The van der Waals surface area contributed by atoms with Crippen molar-refractivity contribution in [2.24, 2.45) is 0 Å². The molecule has 88 valence electrons. The van der Waals surface area contributed by atoms with Crippen molar-refractivity contribution in [2.45, 2.75) is 6.54 Å². The Morgan fingerprint density at radius 1 is 1.35 bits per heavy atom. The molecule has 0 saturated carbocycles. The van der Waals surface area contributed by atoms with E-state index < -0.39 is 4.92 Å². The van der Waals surface area contributed by atoms with Gasteiger partial charge in [-0.2, -0.15) is 4.98 Å². The SMILES string of the molecule is O=[N+]([O-])c1ccccc1Cn1nc(Br)nc1Br. The van der Waals surface area contributed by atoms with Crippen molar-refractivity contribution in [3.05, 3.63) is 49.4 Å². The van der Waals surface area contributed by atoms with Gasteiger partial charge in [0.25, 0.3) is 5.69 Å². The molecule has 0 atom stereocenters. The molecule has 1 aromatic heterocycles. The number of benzene rings is 1. The van der Waals surface area contributed by atoms with Crippen LogP contribution in [0, 0.1) is 10.1 Å². The second-order valence-electron chi connectivity index (χ2n) is 3.19. The van der Waals surface area contributed by atoms with Crippen molar-refractivity contribution in [1.29, 1.82) is 0 Å². The summed E-state index contributed by atoms with van der Waals surface area (Å²) in [5.41, 5.74) is 0.654. The van der Waals surface area contributed by atoms with Gasteiger partial charge in [0, 0.05) is 6.07 Å². The van der Waals surface area contributed by atoms with Gasteiger partial charge >= 0.3 is 0 Å². The lowest BCUT2D eigenvalue weighted by Gasteiger charge is -2.03. The predicted molar refractivity (Wildman–Crippen MR) is 67.6 cm³/mol. The maximum atomic E-state index is 10.8. The lowest BCUT2D eigenvalue weighted by molar-refractivity contribution is -0.385. The van der Waals surface area contributed by atoms with Crippen LogP contribution in [0.4, 0.5) is 5.69 Å². The Labute approximate surface area is 113 Å². The molecule has 0 amide bonds. The van der Waals surface area contributed by atoms with Crippen LogP contribution in [0.25, 0.3) is 0 Å². The highest BCUT2D eigenvalue weighted by atomic mass is 79.9. The van der Waals surface area contributed by atoms with E-state index in [9.17, 15) is 10.1 Å². The molecule has 0 aliphatic carbocycles. The van der Waals surface area contributed by atoms with Crippen LogP contribution in [0.1, 0.15) is 5.56 Å². The fourth-order valence-electron chi connectivity index (χ4n) is 1.38. The van der Waals surface area contributed by atoms with Crippen LogP contribution in [-0.4, -0.2) is 19.7 Å². The van der Waals surface area contributed by atoms with Gasteiger partial charge in [-0.3, -0.25) is 10.1 Å². The molecule has 6 nitrogen and oxygen atoms in total. The normalized spacial score (nSPS) is 10.5. The largest absolute Gasteiger partial charge is 0.274 e. The van der Waals surface area contributed by atoms with Crippen LogP contribution in [-0.2, 0) is 6.54 Å². The van der Waals surface area contributed by atoms with E-state index in [1.54, 1.807) is 18.2 Å². The highest BCUT2D eigenvalue weighted by Crippen LogP contribution is 2.20. The monoisotopic (exact) mass is 360 g/mol. The molecule has 1 heterocycles. The molecular weight excluding hydrogens is 356 g/mol. The van der Waals surface area contributed by atoms with Gasteiger partial charge in [-0.25, -0.2) is 4.68 Å². The third kappa shape index (κ3) is 2.70. The van der Waals surface area contributed by atoms with E-state index in [1.807, 2.05) is 0 Å². The van der Waals surface area contributed by atoms with Crippen LogP contribution in [0.2, 0.25) is 0 Å². The number of nitrogens with zero attached hydrogens (tertiary/aromatic N) is 4. The summed E-state index contributed by atoms with van der Waals surface area (Å²) in [5.74, 6) is 0. The molecular formula is C9H6Br2N4O2. The Hall–Kier alpha value is -1.28. The minimum absolute atomic E-state index is 0.0750. The van der Waals surface area contributed by atoms with Crippen molar-refractivity contribution in [1.82, 2.24) is 14.8 Å². The van der Waals surface area contributed by atoms with Crippen LogP contribution >= 0.6 is 31.9 Å². The van der Waals surface area contributed by atoms with Gasteiger partial charge in [-0.1, -0.05) is 18.2 Å². The maximum absolute atomic E-state index is 10.8. The average molecular weight is 362 g/mol. The van der Waals surface area contributed by atoms with Gasteiger partial charge in [0.15, 0.2) is 4.73 Å². The lowest BCUT2D eigenvalue weighted by atomic mass is 10.2. The molecule has 0 aliphatic heterocycles. The van der Waals surface area contributed by atoms with E-state index in [0.29, 0.717) is 15.0 Å². The number of nitro groups is 1. The zero-order chi connectivity index (χ0) is 12.4. The molecule has 0 aliphatic rings. The minimum Gasteiger partial charge on any atom is -0.258 e. The smallest absolute Gasteiger partial charge is 0.258 e. The Balaban J connectivity index is 2.36. The first kappa shape index (κ1) is 12.2. The summed E-state index contributed by atoms with van der Waals surface area (Å²) in [6.07, 6.45) is 0. The fraction of sp³-hybridized carbons (Fsp3) is 0.111. The molecule has 0 unspecified atom stereocenters. The van der Waals surface area contributed by atoms with Crippen molar-refractivity contribution < 1.29 is 4.92 Å².